The molecule has 4 nitrogen and oxygen atoms in total. The highest BCUT2D eigenvalue weighted by molar-refractivity contribution is 5.21. The van der Waals surface area contributed by atoms with Gasteiger partial charge in [0.05, 0.1) is 0 Å². The number of aromatic nitrogens is 4. The molecule has 160 valence electrons. The predicted molar refractivity (Wildman–Crippen MR) is 117 cm³/mol. The molecule has 0 saturated heterocycles. The van der Waals surface area contributed by atoms with Crippen molar-refractivity contribution < 1.29 is 4.39 Å². The zero-order valence-corrected chi connectivity index (χ0v) is 19.8. The van der Waals surface area contributed by atoms with E-state index in [1.54, 1.807) is 6.20 Å². The summed E-state index contributed by atoms with van der Waals surface area (Å²) >= 11 is 0. The smallest absolute Gasteiger partial charge is 0.219 e. The Morgan fingerprint density at radius 2 is 1.14 bits per heavy atom. The van der Waals surface area contributed by atoms with Gasteiger partial charge in [0.15, 0.2) is 0 Å². The summed E-state index contributed by atoms with van der Waals surface area (Å²) in [5.41, 5.74) is 0.849. The summed E-state index contributed by atoms with van der Waals surface area (Å²) in [5, 5.41) is 0. The molecule has 29 heavy (non-hydrogen) atoms. The van der Waals surface area contributed by atoms with Gasteiger partial charge >= 0.3 is 0 Å². The molecule has 5 heteroatoms. The molecular weight excluding hydrogens is 363 g/mol. The third-order valence-electron chi connectivity index (χ3n) is 5.63. The number of hydrogen-bond acceptors (Lipinski definition) is 4. The summed E-state index contributed by atoms with van der Waals surface area (Å²) in [7, 11) is 0. The van der Waals surface area contributed by atoms with Gasteiger partial charge in [-0.1, -0.05) is 69.2 Å². The van der Waals surface area contributed by atoms with Gasteiger partial charge in [0.25, 0.3) is 0 Å². The Balaban J connectivity index is 2.17. The zero-order chi connectivity index (χ0) is 22.3. The molecule has 0 unspecified atom stereocenters. The molecule has 0 saturated carbocycles. The van der Waals surface area contributed by atoms with E-state index in [0.717, 1.165) is 24.2 Å². The summed E-state index contributed by atoms with van der Waals surface area (Å²) in [6, 6.07) is 0. The molecule has 2 rings (SSSR count). The van der Waals surface area contributed by atoms with Crippen LogP contribution in [0.1, 0.15) is 105 Å². The van der Waals surface area contributed by atoms with Crippen molar-refractivity contribution >= 4 is 0 Å². The molecule has 2 aromatic rings. The van der Waals surface area contributed by atoms with Gasteiger partial charge in [0.2, 0.25) is 5.95 Å². The average Bonchev–Trinajstić information content (AvgIpc) is 2.58. The summed E-state index contributed by atoms with van der Waals surface area (Å²) in [6.45, 7) is 20.8. The highest BCUT2D eigenvalue weighted by Crippen LogP contribution is 2.35. The maximum atomic E-state index is 14.6. The first kappa shape index (κ1) is 23.4. The Kier molecular flexibility index (Phi) is 6.23. The lowest BCUT2D eigenvalue weighted by atomic mass is 9.75. The van der Waals surface area contributed by atoms with Gasteiger partial charge in [-0.2, -0.15) is 4.39 Å². The standard InChI is InChI=1S/C24H37FN4/c1-21(2,3)17-15-28-20(29-18(17)25)24(9,10)12-11-23(7,8)16-13-26-19(27-14-16)22(4,5)6/h13-15H,11-12H2,1-10H3. The SMILES string of the molecule is CC(C)(C)c1ncc(C(C)(C)CCC(C)(C)c2ncc(C(C)(C)C)c(F)n2)cn1. The third kappa shape index (κ3) is 5.58. The minimum Gasteiger partial charge on any atom is -0.241 e. The van der Waals surface area contributed by atoms with Crippen LogP contribution < -0.4 is 0 Å². The average molecular weight is 401 g/mol. The maximum Gasteiger partial charge on any atom is 0.219 e. The van der Waals surface area contributed by atoms with Gasteiger partial charge in [0, 0.05) is 35.0 Å². The fourth-order valence-electron chi connectivity index (χ4n) is 3.14. The fourth-order valence-corrected chi connectivity index (χ4v) is 3.14. The maximum absolute atomic E-state index is 14.6. The monoisotopic (exact) mass is 400 g/mol. The Bertz CT molecular complexity index is 841. The quantitative estimate of drug-likeness (QED) is 0.574. The van der Waals surface area contributed by atoms with Crippen LogP contribution in [-0.4, -0.2) is 19.9 Å². The summed E-state index contributed by atoms with van der Waals surface area (Å²) in [6.07, 6.45) is 7.24. The van der Waals surface area contributed by atoms with Crippen LogP contribution in [0, 0.1) is 5.95 Å². The van der Waals surface area contributed by atoms with Crippen LogP contribution in [0.2, 0.25) is 0 Å². The van der Waals surface area contributed by atoms with Crippen molar-refractivity contribution in [3.63, 3.8) is 0 Å². The molecular formula is C24H37FN4. The predicted octanol–water partition coefficient (Wildman–Crippen LogP) is 6.04. The molecule has 0 aliphatic heterocycles. The molecule has 2 heterocycles. The molecule has 0 aliphatic rings. The van der Waals surface area contributed by atoms with E-state index in [1.807, 2.05) is 33.2 Å². The van der Waals surface area contributed by atoms with E-state index in [4.69, 9.17) is 0 Å². The Morgan fingerprint density at radius 1 is 0.655 bits per heavy atom. The van der Waals surface area contributed by atoms with Crippen LogP contribution in [0.5, 0.6) is 0 Å². The second-order valence-corrected chi connectivity index (χ2v) is 11.5. The van der Waals surface area contributed by atoms with E-state index < -0.39 is 5.95 Å². The van der Waals surface area contributed by atoms with Gasteiger partial charge in [-0.3, -0.25) is 0 Å². The van der Waals surface area contributed by atoms with Crippen molar-refractivity contribution in [1.82, 2.24) is 19.9 Å². The largest absolute Gasteiger partial charge is 0.241 e. The number of halogens is 1. The molecule has 0 spiro atoms. The van der Waals surface area contributed by atoms with Crippen molar-refractivity contribution in [1.29, 1.82) is 0 Å². The van der Waals surface area contributed by atoms with E-state index in [0.29, 0.717) is 11.4 Å². The molecule has 0 N–H and O–H groups in total. The van der Waals surface area contributed by atoms with E-state index in [-0.39, 0.29) is 21.7 Å². The van der Waals surface area contributed by atoms with E-state index >= 15 is 0 Å². The normalized spacial score (nSPS) is 13.6. The van der Waals surface area contributed by atoms with Crippen LogP contribution in [-0.2, 0) is 21.7 Å². The van der Waals surface area contributed by atoms with Crippen LogP contribution in [0.15, 0.2) is 18.6 Å². The van der Waals surface area contributed by atoms with Crippen LogP contribution in [0.25, 0.3) is 0 Å². The second-order valence-electron chi connectivity index (χ2n) is 11.5. The zero-order valence-electron chi connectivity index (χ0n) is 19.8. The highest BCUT2D eigenvalue weighted by Gasteiger charge is 2.31. The Labute approximate surface area is 175 Å². The van der Waals surface area contributed by atoms with E-state index in [1.165, 1.54) is 0 Å². The van der Waals surface area contributed by atoms with Crippen molar-refractivity contribution in [2.24, 2.45) is 0 Å². The minimum absolute atomic E-state index is 0.0642. The van der Waals surface area contributed by atoms with Crippen LogP contribution in [0.3, 0.4) is 0 Å². The van der Waals surface area contributed by atoms with E-state index in [2.05, 4.69) is 68.4 Å². The number of hydrogen-bond donors (Lipinski definition) is 0. The lowest BCUT2D eigenvalue weighted by molar-refractivity contribution is 0.354. The van der Waals surface area contributed by atoms with Crippen molar-refractivity contribution in [3.8, 4) is 0 Å². The first-order valence-electron chi connectivity index (χ1n) is 10.4. The second kappa shape index (κ2) is 7.73. The topological polar surface area (TPSA) is 51.6 Å². The van der Waals surface area contributed by atoms with Crippen molar-refractivity contribution in [2.45, 2.75) is 104 Å². The van der Waals surface area contributed by atoms with Gasteiger partial charge < -0.3 is 0 Å². The summed E-state index contributed by atoms with van der Waals surface area (Å²) < 4.78 is 14.6. The Morgan fingerprint density at radius 3 is 1.59 bits per heavy atom. The molecule has 0 bridgehead atoms. The minimum atomic E-state index is -0.416. The summed E-state index contributed by atoms with van der Waals surface area (Å²) in [4.78, 5) is 17.9. The third-order valence-corrected chi connectivity index (χ3v) is 5.63. The first-order valence-corrected chi connectivity index (χ1v) is 10.4. The summed E-state index contributed by atoms with van der Waals surface area (Å²) in [5.74, 6) is 0.985. The lowest BCUT2D eigenvalue weighted by Gasteiger charge is -2.31. The van der Waals surface area contributed by atoms with Gasteiger partial charge in [-0.15, -0.1) is 0 Å². The molecule has 2 aromatic heterocycles. The molecule has 0 aliphatic carbocycles. The highest BCUT2D eigenvalue weighted by atomic mass is 19.1. The molecule has 0 radical (unpaired) electrons. The number of rotatable bonds is 5. The lowest BCUT2D eigenvalue weighted by Crippen LogP contribution is -2.28. The van der Waals surface area contributed by atoms with E-state index in [9.17, 15) is 4.39 Å². The Hall–Kier alpha value is -1.91. The molecule has 0 atom stereocenters. The van der Waals surface area contributed by atoms with Gasteiger partial charge in [-0.05, 0) is 29.2 Å². The van der Waals surface area contributed by atoms with Gasteiger partial charge in [0.1, 0.15) is 11.6 Å². The van der Waals surface area contributed by atoms with Crippen LogP contribution >= 0.6 is 0 Å². The first-order chi connectivity index (χ1) is 13.0. The van der Waals surface area contributed by atoms with Gasteiger partial charge in [-0.25, -0.2) is 19.9 Å². The van der Waals surface area contributed by atoms with Crippen LogP contribution in [0.4, 0.5) is 4.39 Å². The molecule has 0 aromatic carbocycles. The van der Waals surface area contributed by atoms with Crippen molar-refractivity contribution in [3.05, 3.63) is 47.3 Å². The fraction of sp³-hybridized carbons (Fsp3) is 0.667. The number of nitrogens with zero attached hydrogens (tertiary/aromatic N) is 4. The molecule has 0 amide bonds. The van der Waals surface area contributed by atoms with Crippen molar-refractivity contribution in [2.75, 3.05) is 0 Å². The molecule has 0 fully saturated rings.